The first-order valence-electron chi connectivity index (χ1n) is 7.95. The second-order valence-corrected chi connectivity index (χ2v) is 5.66. The van der Waals surface area contributed by atoms with Crippen LogP contribution in [-0.2, 0) is 14.2 Å². The first kappa shape index (κ1) is 17.1. The van der Waals surface area contributed by atoms with Crippen LogP contribution in [0.3, 0.4) is 0 Å². The lowest BCUT2D eigenvalue weighted by atomic mass is 10.2. The molecule has 1 fully saturated rings. The fraction of sp³-hybridized carbons (Fsp3) is 0.263. The molecule has 130 valence electrons. The summed E-state index contributed by atoms with van der Waals surface area (Å²) in [5.74, 6) is -1.00. The Balaban J connectivity index is 1.50. The van der Waals surface area contributed by atoms with E-state index in [2.05, 4.69) is 0 Å². The molecule has 0 aromatic heterocycles. The monoisotopic (exact) mass is 342 g/mol. The average molecular weight is 342 g/mol. The maximum absolute atomic E-state index is 12.0. The first-order chi connectivity index (χ1) is 12.1. The maximum Gasteiger partial charge on any atom is 0.338 e. The largest absolute Gasteiger partial charge is 0.459 e. The van der Waals surface area contributed by atoms with Gasteiger partial charge in [-0.1, -0.05) is 36.4 Å². The molecular formula is C19H18O6. The summed E-state index contributed by atoms with van der Waals surface area (Å²) in [5.41, 5.74) is 0.835. The lowest BCUT2D eigenvalue weighted by Gasteiger charge is -2.13. The van der Waals surface area contributed by atoms with E-state index in [4.69, 9.17) is 14.2 Å². The van der Waals surface area contributed by atoms with Gasteiger partial charge >= 0.3 is 11.9 Å². The Labute approximate surface area is 144 Å². The van der Waals surface area contributed by atoms with E-state index < -0.39 is 30.4 Å². The molecule has 1 heterocycles. The molecule has 2 aromatic carbocycles. The summed E-state index contributed by atoms with van der Waals surface area (Å²) in [6.45, 7) is -0.0236. The molecule has 3 rings (SSSR count). The molecule has 0 radical (unpaired) electrons. The van der Waals surface area contributed by atoms with Crippen molar-refractivity contribution in [3.63, 3.8) is 0 Å². The molecule has 2 aromatic rings. The molecule has 1 aliphatic rings. The zero-order chi connectivity index (χ0) is 17.6. The van der Waals surface area contributed by atoms with E-state index in [0.29, 0.717) is 11.1 Å². The summed E-state index contributed by atoms with van der Waals surface area (Å²) >= 11 is 0. The number of aliphatic hydroxyl groups is 1. The summed E-state index contributed by atoms with van der Waals surface area (Å²) in [4.78, 5) is 23.9. The number of aliphatic hydroxyl groups excluding tert-OH is 1. The lowest BCUT2D eigenvalue weighted by molar-refractivity contribution is -0.135. The zero-order valence-electron chi connectivity index (χ0n) is 13.4. The predicted octanol–water partition coefficient (Wildman–Crippen LogP) is 2.18. The molecule has 0 bridgehead atoms. The average Bonchev–Trinajstić information content (AvgIpc) is 3.00. The van der Waals surface area contributed by atoms with Crippen LogP contribution in [0, 0.1) is 0 Å². The summed E-state index contributed by atoms with van der Waals surface area (Å²) in [6, 6.07) is 17.1. The van der Waals surface area contributed by atoms with Gasteiger partial charge < -0.3 is 19.3 Å². The zero-order valence-corrected chi connectivity index (χ0v) is 13.4. The predicted molar refractivity (Wildman–Crippen MR) is 87.9 cm³/mol. The Morgan fingerprint density at radius 3 is 2.12 bits per heavy atom. The summed E-state index contributed by atoms with van der Waals surface area (Å²) in [5, 5.41) is 9.90. The van der Waals surface area contributed by atoms with E-state index in [-0.39, 0.29) is 13.0 Å². The van der Waals surface area contributed by atoms with Crippen molar-refractivity contribution in [2.45, 2.75) is 24.9 Å². The molecule has 6 heteroatoms. The van der Waals surface area contributed by atoms with Gasteiger partial charge in [0.25, 0.3) is 0 Å². The van der Waals surface area contributed by atoms with E-state index in [9.17, 15) is 14.7 Å². The lowest BCUT2D eigenvalue weighted by Crippen LogP contribution is -2.26. The van der Waals surface area contributed by atoms with Crippen molar-refractivity contribution in [1.82, 2.24) is 0 Å². The Morgan fingerprint density at radius 1 is 0.960 bits per heavy atom. The van der Waals surface area contributed by atoms with Crippen LogP contribution in [0.15, 0.2) is 60.7 Å². The minimum atomic E-state index is -1.24. The van der Waals surface area contributed by atoms with Crippen molar-refractivity contribution >= 4 is 11.9 Å². The Morgan fingerprint density at radius 2 is 1.52 bits per heavy atom. The number of ether oxygens (including phenoxy) is 3. The number of rotatable bonds is 5. The molecule has 0 saturated carbocycles. The van der Waals surface area contributed by atoms with Gasteiger partial charge in [0.05, 0.1) is 17.2 Å². The Kier molecular flexibility index (Phi) is 5.42. The molecule has 0 unspecified atom stereocenters. The van der Waals surface area contributed by atoms with Gasteiger partial charge in [-0.05, 0) is 24.3 Å². The van der Waals surface area contributed by atoms with Crippen LogP contribution in [-0.4, -0.2) is 42.1 Å². The molecule has 0 aliphatic carbocycles. The van der Waals surface area contributed by atoms with Crippen LogP contribution >= 0.6 is 0 Å². The van der Waals surface area contributed by atoms with E-state index >= 15 is 0 Å². The molecular weight excluding hydrogens is 324 g/mol. The highest BCUT2D eigenvalue weighted by Gasteiger charge is 2.37. The minimum Gasteiger partial charge on any atom is -0.459 e. The summed E-state index contributed by atoms with van der Waals surface area (Å²) in [6.07, 6.45) is -2.32. The Bertz CT molecular complexity index is 715. The van der Waals surface area contributed by atoms with Gasteiger partial charge in [-0.3, -0.25) is 0 Å². The topological polar surface area (TPSA) is 82.1 Å². The maximum atomic E-state index is 12.0. The molecule has 6 nitrogen and oxygen atoms in total. The SMILES string of the molecule is O=C(OC[C@H]1C[C@H](OC(=O)c2ccccc2)[C@H](O)O1)c1ccccc1. The second kappa shape index (κ2) is 7.92. The Hall–Kier alpha value is -2.70. The normalized spacial score (nSPS) is 22.4. The van der Waals surface area contributed by atoms with Crippen molar-refractivity contribution in [3.05, 3.63) is 71.8 Å². The highest BCUT2D eigenvalue weighted by atomic mass is 16.7. The van der Waals surface area contributed by atoms with Crippen LogP contribution in [0.2, 0.25) is 0 Å². The van der Waals surface area contributed by atoms with Crippen LogP contribution in [0.4, 0.5) is 0 Å². The second-order valence-electron chi connectivity index (χ2n) is 5.66. The van der Waals surface area contributed by atoms with Gasteiger partial charge in [-0.25, -0.2) is 9.59 Å². The highest BCUT2D eigenvalue weighted by molar-refractivity contribution is 5.89. The van der Waals surface area contributed by atoms with Gasteiger partial charge in [0.15, 0.2) is 12.4 Å². The minimum absolute atomic E-state index is 0.0236. The standard InChI is InChI=1S/C19H18O6/c20-17(13-7-3-1-4-8-13)23-12-15-11-16(19(22)24-15)25-18(21)14-9-5-2-6-10-14/h1-10,15-16,19,22H,11-12H2/t15-,16+,19-/m1/s1. The fourth-order valence-electron chi connectivity index (χ4n) is 2.54. The summed E-state index contributed by atoms with van der Waals surface area (Å²) in [7, 11) is 0. The third-order valence-corrected chi connectivity index (χ3v) is 3.82. The van der Waals surface area contributed by atoms with Gasteiger partial charge in [-0.2, -0.15) is 0 Å². The molecule has 25 heavy (non-hydrogen) atoms. The van der Waals surface area contributed by atoms with Crippen LogP contribution in [0.1, 0.15) is 27.1 Å². The van der Waals surface area contributed by atoms with E-state index in [0.717, 1.165) is 0 Å². The van der Waals surface area contributed by atoms with Crippen molar-refractivity contribution in [1.29, 1.82) is 0 Å². The first-order valence-corrected chi connectivity index (χ1v) is 7.95. The van der Waals surface area contributed by atoms with Gasteiger partial charge in [0.2, 0.25) is 0 Å². The number of esters is 2. The number of hydrogen-bond acceptors (Lipinski definition) is 6. The van der Waals surface area contributed by atoms with Gasteiger partial charge in [-0.15, -0.1) is 0 Å². The van der Waals surface area contributed by atoms with Crippen LogP contribution in [0.25, 0.3) is 0 Å². The molecule has 0 amide bonds. The third-order valence-electron chi connectivity index (χ3n) is 3.82. The van der Waals surface area contributed by atoms with Crippen molar-refractivity contribution < 1.29 is 28.9 Å². The highest BCUT2D eigenvalue weighted by Crippen LogP contribution is 2.23. The number of carbonyl (C=O) groups excluding carboxylic acids is 2. The quantitative estimate of drug-likeness (QED) is 0.839. The van der Waals surface area contributed by atoms with E-state index in [1.807, 2.05) is 0 Å². The smallest absolute Gasteiger partial charge is 0.338 e. The molecule has 0 spiro atoms. The molecule has 1 N–H and O–H groups in total. The van der Waals surface area contributed by atoms with E-state index in [1.165, 1.54) is 0 Å². The van der Waals surface area contributed by atoms with Gasteiger partial charge in [0.1, 0.15) is 6.61 Å². The number of carbonyl (C=O) groups is 2. The molecule has 3 atom stereocenters. The summed E-state index contributed by atoms with van der Waals surface area (Å²) < 4.78 is 15.8. The molecule has 1 saturated heterocycles. The third kappa shape index (κ3) is 4.43. The van der Waals surface area contributed by atoms with Crippen molar-refractivity contribution in [2.75, 3.05) is 6.61 Å². The van der Waals surface area contributed by atoms with E-state index in [1.54, 1.807) is 60.7 Å². The number of hydrogen-bond donors (Lipinski definition) is 1. The van der Waals surface area contributed by atoms with Crippen LogP contribution < -0.4 is 0 Å². The van der Waals surface area contributed by atoms with Crippen LogP contribution in [0.5, 0.6) is 0 Å². The molecule has 1 aliphatic heterocycles. The van der Waals surface area contributed by atoms with Crippen molar-refractivity contribution in [2.24, 2.45) is 0 Å². The van der Waals surface area contributed by atoms with Gasteiger partial charge in [0, 0.05) is 6.42 Å². The van der Waals surface area contributed by atoms with Crippen molar-refractivity contribution in [3.8, 4) is 0 Å². The number of benzene rings is 2. The fourth-order valence-corrected chi connectivity index (χ4v) is 2.54.